The predicted octanol–water partition coefficient (Wildman–Crippen LogP) is 0.511. The first-order valence-corrected chi connectivity index (χ1v) is 7.23. The Morgan fingerprint density at radius 3 is 2.69 bits per heavy atom. The Bertz CT molecular complexity index is 321. The molecule has 1 aliphatic rings. The molecule has 0 N–H and O–H groups in total. The number of alkyl halides is 1. The number of morpholine rings is 1. The van der Waals surface area contributed by atoms with Gasteiger partial charge in [0, 0.05) is 32.1 Å². The molecule has 0 spiro atoms. The van der Waals surface area contributed by atoms with Crippen molar-refractivity contribution < 1.29 is 13.2 Å². The standard InChI is InChI=1S/C9H19ClN2O3S/c1-8(2)11(3)16(13,14)12-4-5-15-9(6-10)7-12/h8-9H,4-7H2,1-3H3. The monoisotopic (exact) mass is 270 g/mol. The van der Waals surface area contributed by atoms with Gasteiger partial charge < -0.3 is 4.74 Å². The minimum atomic E-state index is -3.38. The lowest BCUT2D eigenvalue weighted by molar-refractivity contribution is 0.0103. The summed E-state index contributed by atoms with van der Waals surface area (Å²) in [6.07, 6.45) is -0.203. The summed E-state index contributed by atoms with van der Waals surface area (Å²) >= 11 is 5.68. The second-order valence-corrected chi connectivity index (χ2v) is 6.42. The molecule has 1 fully saturated rings. The molecule has 1 saturated heterocycles. The fourth-order valence-electron chi connectivity index (χ4n) is 1.44. The molecule has 1 unspecified atom stereocenters. The molecule has 96 valence electrons. The summed E-state index contributed by atoms with van der Waals surface area (Å²) in [5.41, 5.74) is 0. The number of hydrogen-bond acceptors (Lipinski definition) is 3. The smallest absolute Gasteiger partial charge is 0.282 e. The van der Waals surface area contributed by atoms with Crippen molar-refractivity contribution in [2.45, 2.75) is 26.0 Å². The highest BCUT2D eigenvalue weighted by Crippen LogP contribution is 2.15. The highest BCUT2D eigenvalue weighted by Gasteiger charge is 2.32. The number of rotatable bonds is 4. The third-order valence-corrected chi connectivity index (χ3v) is 5.17. The van der Waals surface area contributed by atoms with Crippen LogP contribution in [-0.2, 0) is 14.9 Å². The second kappa shape index (κ2) is 5.64. The average Bonchev–Trinajstić information content (AvgIpc) is 2.27. The Morgan fingerprint density at radius 1 is 1.56 bits per heavy atom. The predicted molar refractivity (Wildman–Crippen MR) is 63.9 cm³/mol. The largest absolute Gasteiger partial charge is 0.374 e. The highest BCUT2D eigenvalue weighted by atomic mass is 35.5. The lowest BCUT2D eigenvalue weighted by Gasteiger charge is -2.34. The summed E-state index contributed by atoms with van der Waals surface area (Å²) < 4.78 is 32.4. The normalized spacial score (nSPS) is 24.2. The van der Waals surface area contributed by atoms with Crippen molar-refractivity contribution in [3.63, 3.8) is 0 Å². The van der Waals surface area contributed by atoms with Crippen LogP contribution in [0.5, 0.6) is 0 Å². The zero-order valence-corrected chi connectivity index (χ0v) is 11.5. The Morgan fingerprint density at radius 2 is 2.19 bits per heavy atom. The van der Waals surface area contributed by atoms with E-state index in [1.165, 1.54) is 8.61 Å². The van der Waals surface area contributed by atoms with Crippen LogP contribution in [0.15, 0.2) is 0 Å². The van der Waals surface area contributed by atoms with E-state index in [-0.39, 0.29) is 12.1 Å². The van der Waals surface area contributed by atoms with Gasteiger partial charge in [-0.3, -0.25) is 0 Å². The first-order chi connectivity index (χ1) is 7.39. The molecule has 16 heavy (non-hydrogen) atoms. The molecule has 1 rings (SSSR count). The van der Waals surface area contributed by atoms with Crippen LogP contribution in [0.4, 0.5) is 0 Å². The summed E-state index contributed by atoms with van der Waals surface area (Å²) in [6.45, 7) is 4.83. The summed E-state index contributed by atoms with van der Waals surface area (Å²) in [5.74, 6) is 0.317. The van der Waals surface area contributed by atoms with Gasteiger partial charge in [-0.15, -0.1) is 11.6 Å². The van der Waals surface area contributed by atoms with E-state index in [0.29, 0.717) is 25.6 Å². The molecule has 1 aliphatic heterocycles. The molecule has 7 heteroatoms. The van der Waals surface area contributed by atoms with Gasteiger partial charge in [-0.1, -0.05) is 0 Å². The lowest BCUT2D eigenvalue weighted by Crippen LogP contribution is -2.52. The Labute approximate surface area is 102 Å². The van der Waals surface area contributed by atoms with E-state index in [4.69, 9.17) is 16.3 Å². The number of halogens is 1. The fraction of sp³-hybridized carbons (Fsp3) is 1.00. The van der Waals surface area contributed by atoms with E-state index in [1.807, 2.05) is 13.8 Å². The molecule has 1 heterocycles. The molecule has 0 saturated carbocycles. The Kier molecular flexibility index (Phi) is 5.00. The van der Waals surface area contributed by atoms with Crippen molar-refractivity contribution in [1.82, 2.24) is 8.61 Å². The first-order valence-electron chi connectivity index (χ1n) is 5.30. The van der Waals surface area contributed by atoms with Crippen LogP contribution in [0.25, 0.3) is 0 Å². The molecule has 0 aromatic rings. The van der Waals surface area contributed by atoms with E-state index >= 15 is 0 Å². The maximum Gasteiger partial charge on any atom is 0.282 e. The van der Waals surface area contributed by atoms with Crippen molar-refractivity contribution in [2.24, 2.45) is 0 Å². The number of ether oxygens (including phenoxy) is 1. The SMILES string of the molecule is CC(C)N(C)S(=O)(=O)N1CCOC(CCl)C1. The van der Waals surface area contributed by atoms with Crippen molar-refractivity contribution in [2.75, 3.05) is 32.6 Å². The van der Waals surface area contributed by atoms with Crippen LogP contribution in [0.2, 0.25) is 0 Å². The summed E-state index contributed by atoms with van der Waals surface area (Å²) in [4.78, 5) is 0. The van der Waals surface area contributed by atoms with Crippen molar-refractivity contribution in [3.05, 3.63) is 0 Å². The van der Waals surface area contributed by atoms with Crippen LogP contribution >= 0.6 is 11.6 Å². The van der Waals surface area contributed by atoms with Gasteiger partial charge in [-0.05, 0) is 13.8 Å². The summed E-state index contributed by atoms with van der Waals surface area (Å²) in [7, 11) is -1.79. The van der Waals surface area contributed by atoms with E-state index in [0.717, 1.165) is 0 Å². The van der Waals surface area contributed by atoms with E-state index in [2.05, 4.69) is 0 Å². The van der Waals surface area contributed by atoms with Gasteiger partial charge in [0.05, 0.1) is 12.7 Å². The van der Waals surface area contributed by atoms with Gasteiger partial charge >= 0.3 is 0 Å². The van der Waals surface area contributed by atoms with Gasteiger partial charge in [0.1, 0.15) is 0 Å². The van der Waals surface area contributed by atoms with Gasteiger partial charge in [0.2, 0.25) is 0 Å². The van der Waals surface area contributed by atoms with Crippen molar-refractivity contribution >= 4 is 21.8 Å². The third kappa shape index (κ3) is 3.07. The summed E-state index contributed by atoms with van der Waals surface area (Å²) in [5, 5.41) is 0. The van der Waals surface area contributed by atoms with Crippen molar-refractivity contribution in [1.29, 1.82) is 0 Å². The van der Waals surface area contributed by atoms with Gasteiger partial charge in [0.15, 0.2) is 0 Å². The van der Waals surface area contributed by atoms with Crippen LogP contribution in [-0.4, -0.2) is 61.8 Å². The van der Waals surface area contributed by atoms with E-state index < -0.39 is 10.2 Å². The van der Waals surface area contributed by atoms with Crippen LogP contribution in [0, 0.1) is 0 Å². The molecule has 0 bridgehead atoms. The van der Waals surface area contributed by atoms with Gasteiger partial charge in [-0.2, -0.15) is 17.0 Å². The van der Waals surface area contributed by atoms with Crippen LogP contribution in [0.1, 0.15) is 13.8 Å². The minimum Gasteiger partial charge on any atom is -0.374 e. The Balaban J connectivity index is 2.75. The molecule has 0 amide bonds. The number of hydrogen-bond donors (Lipinski definition) is 0. The fourth-order valence-corrected chi connectivity index (χ4v) is 3.19. The third-order valence-electron chi connectivity index (χ3n) is 2.69. The topological polar surface area (TPSA) is 49.9 Å². The first kappa shape index (κ1) is 14.2. The average molecular weight is 271 g/mol. The van der Waals surface area contributed by atoms with Gasteiger partial charge in [0.25, 0.3) is 10.2 Å². The zero-order chi connectivity index (χ0) is 12.3. The second-order valence-electron chi connectivity index (χ2n) is 4.12. The molecule has 0 radical (unpaired) electrons. The molecule has 0 aromatic heterocycles. The van der Waals surface area contributed by atoms with Crippen LogP contribution in [0.3, 0.4) is 0 Å². The quantitative estimate of drug-likeness (QED) is 0.700. The molecular formula is C9H19ClN2O3S. The van der Waals surface area contributed by atoms with Gasteiger partial charge in [-0.25, -0.2) is 0 Å². The molecular weight excluding hydrogens is 252 g/mol. The van der Waals surface area contributed by atoms with E-state index in [1.54, 1.807) is 7.05 Å². The molecule has 1 atom stereocenters. The highest BCUT2D eigenvalue weighted by molar-refractivity contribution is 7.86. The number of nitrogens with zero attached hydrogens (tertiary/aromatic N) is 2. The molecule has 5 nitrogen and oxygen atoms in total. The molecule has 0 aliphatic carbocycles. The minimum absolute atomic E-state index is 0.0534. The maximum atomic E-state index is 12.1. The molecule has 0 aromatic carbocycles. The zero-order valence-electron chi connectivity index (χ0n) is 9.89. The Hall–Kier alpha value is 0.120. The summed E-state index contributed by atoms with van der Waals surface area (Å²) in [6, 6.07) is -0.0534. The van der Waals surface area contributed by atoms with E-state index in [9.17, 15) is 8.42 Å². The maximum absolute atomic E-state index is 12.1. The van der Waals surface area contributed by atoms with Crippen molar-refractivity contribution in [3.8, 4) is 0 Å². The van der Waals surface area contributed by atoms with Crippen LogP contribution < -0.4 is 0 Å². The lowest BCUT2D eigenvalue weighted by atomic mass is 10.3.